The quantitative estimate of drug-likeness (QED) is 0.649. The first-order valence-electron chi connectivity index (χ1n) is 8.35. The molecule has 1 saturated carbocycles. The summed E-state index contributed by atoms with van der Waals surface area (Å²) in [5.41, 5.74) is 0.800. The highest BCUT2D eigenvalue weighted by Crippen LogP contribution is 2.29. The van der Waals surface area contributed by atoms with Gasteiger partial charge < -0.3 is 10.1 Å². The van der Waals surface area contributed by atoms with Crippen LogP contribution >= 0.6 is 11.6 Å². The van der Waals surface area contributed by atoms with E-state index in [9.17, 15) is 9.59 Å². The minimum absolute atomic E-state index is 0.168. The molecule has 1 aliphatic rings. The largest absolute Gasteiger partial charge is 0.452 e. The molecule has 24 heavy (non-hydrogen) atoms. The Morgan fingerprint density at radius 1 is 1.33 bits per heavy atom. The van der Waals surface area contributed by atoms with E-state index in [1.54, 1.807) is 24.3 Å². The summed E-state index contributed by atoms with van der Waals surface area (Å²) >= 11 is 5.87. The normalized spacial score (nSPS) is 23.9. The minimum Gasteiger partial charge on any atom is -0.452 e. The molecule has 0 spiro atoms. The van der Waals surface area contributed by atoms with Gasteiger partial charge in [-0.3, -0.25) is 4.79 Å². The molecule has 1 amide bonds. The second-order valence-corrected chi connectivity index (χ2v) is 6.87. The number of benzene rings is 1. The van der Waals surface area contributed by atoms with Gasteiger partial charge in [-0.25, -0.2) is 4.79 Å². The smallest absolute Gasteiger partial charge is 0.331 e. The maximum absolute atomic E-state index is 12.0. The van der Waals surface area contributed by atoms with Crippen molar-refractivity contribution in [2.24, 2.45) is 11.8 Å². The van der Waals surface area contributed by atoms with E-state index in [1.165, 1.54) is 12.5 Å². The molecule has 0 radical (unpaired) electrons. The van der Waals surface area contributed by atoms with Crippen molar-refractivity contribution in [3.63, 3.8) is 0 Å². The lowest BCUT2D eigenvalue weighted by Gasteiger charge is -2.34. The minimum atomic E-state index is -0.546. The molecule has 1 N–H and O–H groups in total. The molecule has 0 saturated heterocycles. The monoisotopic (exact) mass is 349 g/mol. The van der Waals surface area contributed by atoms with Crippen LogP contribution in [0.3, 0.4) is 0 Å². The maximum atomic E-state index is 12.0. The number of carbonyl (C=O) groups is 2. The van der Waals surface area contributed by atoms with Crippen LogP contribution in [-0.4, -0.2) is 24.5 Å². The highest BCUT2D eigenvalue weighted by Gasteiger charge is 2.28. The first-order valence-corrected chi connectivity index (χ1v) is 8.73. The van der Waals surface area contributed by atoms with E-state index >= 15 is 0 Å². The number of hydrogen-bond donors (Lipinski definition) is 1. The predicted octanol–water partition coefficient (Wildman–Crippen LogP) is 3.84. The van der Waals surface area contributed by atoms with Gasteiger partial charge in [-0.2, -0.15) is 0 Å². The van der Waals surface area contributed by atoms with Crippen LogP contribution in [0, 0.1) is 11.8 Å². The maximum Gasteiger partial charge on any atom is 0.331 e. The molecule has 5 heteroatoms. The van der Waals surface area contributed by atoms with E-state index in [-0.39, 0.29) is 18.6 Å². The van der Waals surface area contributed by atoms with Gasteiger partial charge in [0.1, 0.15) is 0 Å². The summed E-state index contributed by atoms with van der Waals surface area (Å²) in [6.07, 6.45) is 6.22. The fraction of sp³-hybridized carbons (Fsp3) is 0.474. The molecule has 0 heterocycles. The fourth-order valence-electron chi connectivity index (χ4n) is 2.99. The highest BCUT2D eigenvalue weighted by molar-refractivity contribution is 6.30. The average molecular weight is 350 g/mol. The molecule has 3 atom stereocenters. The summed E-state index contributed by atoms with van der Waals surface area (Å²) in [6, 6.07) is 7.29. The van der Waals surface area contributed by atoms with Crippen molar-refractivity contribution in [1.29, 1.82) is 0 Å². The van der Waals surface area contributed by atoms with Crippen molar-refractivity contribution in [1.82, 2.24) is 5.32 Å². The summed E-state index contributed by atoms with van der Waals surface area (Å²) in [6.45, 7) is 4.12. The molecule has 0 unspecified atom stereocenters. The molecule has 0 aromatic heterocycles. The Hall–Kier alpha value is -1.81. The summed E-state index contributed by atoms with van der Waals surface area (Å²) in [4.78, 5) is 23.6. The van der Waals surface area contributed by atoms with E-state index in [1.807, 2.05) is 6.07 Å². The van der Waals surface area contributed by atoms with Crippen LogP contribution in [0.2, 0.25) is 5.02 Å². The number of hydrogen-bond acceptors (Lipinski definition) is 3. The number of esters is 1. The lowest BCUT2D eigenvalue weighted by atomic mass is 9.78. The molecule has 1 aromatic carbocycles. The molecule has 1 aliphatic carbocycles. The molecule has 130 valence electrons. The van der Waals surface area contributed by atoms with Crippen LogP contribution in [0.1, 0.15) is 38.7 Å². The second kappa shape index (κ2) is 8.88. The third-order valence-electron chi connectivity index (χ3n) is 4.66. The molecule has 1 aromatic rings. The van der Waals surface area contributed by atoms with Crippen LogP contribution in [0.4, 0.5) is 0 Å². The predicted molar refractivity (Wildman–Crippen MR) is 95.6 cm³/mol. The molecule has 0 bridgehead atoms. The standard InChI is InChI=1S/C19H24ClNO3/c1-13-5-3-8-17(14(13)2)21-18(22)12-24-19(23)10-9-15-6-4-7-16(20)11-15/h4,6-7,9-11,13-14,17H,3,5,8,12H2,1-2H3,(H,21,22)/b10-9+/t13-,14-,17-/m1/s1. The molecule has 0 aliphatic heterocycles. The van der Waals surface area contributed by atoms with E-state index in [4.69, 9.17) is 16.3 Å². The number of carbonyl (C=O) groups excluding carboxylic acids is 2. The SMILES string of the molecule is C[C@@H]1[C@H](C)CCC[C@H]1NC(=O)COC(=O)/C=C/c1cccc(Cl)c1. The van der Waals surface area contributed by atoms with Crippen LogP contribution in [0.15, 0.2) is 30.3 Å². The van der Waals surface area contributed by atoms with Crippen LogP contribution < -0.4 is 5.32 Å². The van der Waals surface area contributed by atoms with E-state index in [0.29, 0.717) is 16.9 Å². The van der Waals surface area contributed by atoms with Crippen molar-refractivity contribution in [3.8, 4) is 0 Å². The second-order valence-electron chi connectivity index (χ2n) is 6.44. The average Bonchev–Trinajstić information content (AvgIpc) is 2.55. The summed E-state index contributed by atoms with van der Waals surface area (Å²) in [5.74, 6) is 0.258. The van der Waals surface area contributed by atoms with Gasteiger partial charge in [-0.15, -0.1) is 0 Å². The molecular weight excluding hydrogens is 326 g/mol. The fourth-order valence-corrected chi connectivity index (χ4v) is 3.19. The Labute approximate surface area is 148 Å². The third-order valence-corrected chi connectivity index (χ3v) is 4.89. The summed E-state index contributed by atoms with van der Waals surface area (Å²) < 4.78 is 4.99. The van der Waals surface area contributed by atoms with Crippen molar-refractivity contribution in [2.45, 2.75) is 39.2 Å². The number of ether oxygens (including phenoxy) is 1. The molecule has 1 fully saturated rings. The van der Waals surface area contributed by atoms with Gasteiger partial charge in [0.2, 0.25) is 0 Å². The number of rotatable bonds is 5. The molecule has 4 nitrogen and oxygen atoms in total. The summed E-state index contributed by atoms with van der Waals surface area (Å²) in [7, 11) is 0. The van der Waals surface area contributed by atoms with Gasteiger partial charge in [-0.05, 0) is 42.0 Å². The number of nitrogens with one attached hydrogen (secondary N) is 1. The summed E-state index contributed by atoms with van der Waals surface area (Å²) in [5, 5.41) is 3.58. The van der Waals surface area contributed by atoms with Crippen LogP contribution in [0.5, 0.6) is 0 Å². The Morgan fingerprint density at radius 3 is 2.88 bits per heavy atom. The number of halogens is 1. The van der Waals surface area contributed by atoms with Crippen LogP contribution in [0.25, 0.3) is 6.08 Å². The van der Waals surface area contributed by atoms with Crippen molar-refractivity contribution in [3.05, 3.63) is 40.9 Å². The van der Waals surface area contributed by atoms with Crippen molar-refractivity contribution in [2.75, 3.05) is 6.61 Å². The van der Waals surface area contributed by atoms with Gasteiger partial charge >= 0.3 is 5.97 Å². The van der Waals surface area contributed by atoms with Gasteiger partial charge in [0.15, 0.2) is 6.61 Å². The Balaban J connectivity index is 1.76. The molecular formula is C19H24ClNO3. The van der Waals surface area contributed by atoms with Gasteiger partial charge in [0.05, 0.1) is 0 Å². The third kappa shape index (κ3) is 5.68. The van der Waals surface area contributed by atoms with E-state index in [2.05, 4.69) is 19.2 Å². The first-order chi connectivity index (χ1) is 11.5. The lowest BCUT2D eigenvalue weighted by Crippen LogP contribution is -2.45. The highest BCUT2D eigenvalue weighted by atomic mass is 35.5. The first kappa shape index (κ1) is 18.5. The zero-order valence-corrected chi connectivity index (χ0v) is 14.9. The Morgan fingerprint density at radius 2 is 2.12 bits per heavy atom. The van der Waals surface area contributed by atoms with Crippen LogP contribution in [-0.2, 0) is 14.3 Å². The number of amides is 1. The van der Waals surface area contributed by atoms with E-state index < -0.39 is 5.97 Å². The van der Waals surface area contributed by atoms with E-state index in [0.717, 1.165) is 18.4 Å². The van der Waals surface area contributed by atoms with Gasteiger partial charge in [-0.1, -0.05) is 50.4 Å². The molecule has 2 rings (SSSR count). The van der Waals surface area contributed by atoms with Gasteiger partial charge in [0, 0.05) is 17.1 Å². The zero-order valence-electron chi connectivity index (χ0n) is 14.1. The Kier molecular flexibility index (Phi) is 6.85. The zero-order chi connectivity index (χ0) is 17.5. The Bertz CT molecular complexity index is 614. The van der Waals surface area contributed by atoms with Gasteiger partial charge in [0.25, 0.3) is 5.91 Å². The topological polar surface area (TPSA) is 55.4 Å². The van der Waals surface area contributed by atoms with Crippen molar-refractivity contribution < 1.29 is 14.3 Å². The lowest BCUT2D eigenvalue weighted by molar-refractivity contribution is -0.144. The van der Waals surface area contributed by atoms with Crippen molar-refractivity contribution >= 4 is 29.6 Å².